The van der Waals surface area contributed by atoms with E-state index in [2.05, 4.69) is 30.2 Å². The van der Waals surface area contributed by atoms with Gasteiger partial charge in [0.1, 0.15) is 5.82 Å². The van der Waals surface area contributed by atoms with Crippen molar-refractivity contribution in [2.24, 2.45) is 0 Å². The zero-order valence-electron chi connectivity index (χ0n) is 17.0. The molecule has 0 bridgehead atoms. The first-order valence-electron chi connectivity index (χ1n) is 9.51. The van der Waals surface area contributed by atoms with Crippen LogP contribution in [0.4, 0.5) is 5.82 Å². The van der Waals surface area contributed by atoms with E-state index in [0.29, 0.717) is 17.9 Å². The minimum Gasteiger partial charge on any atom is -0.369 e. The Bertz CT molecular complexity index is 1060. The number of hydrogen-bond acceptors (Lipinski definition) is 7. The summed E-state index contributed by atoms with van der Waals surface area (Å²) in [6.07, 6.45) is 1.38. The third kappa shape index (κ3) is 5.72. The maximum absolute atomic E-state index is 12.4. The number of hydrogen-bond donors (Lipinski definition) is 2. The molecule has 156 valence electrons. The van der Waals surface area contributed by atoms with Crippen LogP contribution in [0.25, 0.3) is 5.65 Å². The van der Waals surface area contributed by atoms with Gasteiger partial charge in [-0.25, -0.2) is 13.1 Å². The van der Waals surface area contributed by atoms with Crippen molar-refractivity contribution < 1.29 is 8.42 Å². The summed E-state index contributed by atoms with van der Waals surface area (Å²) in [6.45, 7) is 3.87. The number of sulfonamides is 1. The Hall–Kier alpha value is -2.56. The van der Waals surface area contributed by atoms with Crippen molar-refractivity contribution >= 4 is 21.5 Å². The van der Waals surface area contributed by atoms with Gasteiger partial charge in [0.2, 0.25) is 10.0 Å². The molecule has 10 heteroatoms. The summed E-state index contributed by atoms with van der Waals surface area (Å²) in [5.74, 6) is 1.33. The van der Waals surface area contributed by atoms with Crippen molar-refractivity contribution in [3.8, 4) is 0 Å². The molecule has 3 rings (SSSR count). The molecule has 0 amide bonds. The van der Waals surface area contributed by atoms with E-state index in [-0.39, 0.29) is 11.4 Å². The summed E-state index contributed by atoms with van der Waals surface area (Å²) < 4.78 is 29.1. The topological polar surface area (TPSA) is 105 Å². The summed E-state index contributed by atoms with van der Waals surface area (Å²) in [5.41, 5.74) is 1.52. The average molecular weight is 418 g/mol. The second-order valence-corrected chi connectivity index (χ2v) is 8.92. The van der Waals surface area contributed by atoms with Gasteiger partial charge in [-0.05, 0) is 63.8 Å². The number of rotatable bonds is 10. The van der Waals surface area contributed by atoms with E-state index in [9.17, 15) is 8.42 Å². The molecule has 0 aliphatic rings. The van der Waals surface area contributed by atoms with E-state index >= 15 is 0 Å². The van der Waals surface area contributed by atoms with Crippen molar-refractivity contribution in [1.29, 1.82) is 0 Å². The van der Waals surface area contributed by atoms with Crippen LogP contribution in [0.2, 0.25) is 0 Å². The molecule has 0 fully saturated rings. The molecule has 0 aliphatic heterocycles. The molecule has 2 aromatic heterocycles. The molecule has 0 atom stereocenters. The van der Waals surface area contributed by atoms with Crippen molar-refractivity contribution in [1.82, 2.24) is 29.4 Å². The van der Waals surface area contributed by atoms with Crippen molar-refractivity contribution in [3.63, 3.8) is 0 Å². The van der Waals surface area contributed by atoms with Crippen LogP contribution in [0.3, 0.4) is 0 Å². The van der Waals surface area contributed by atoms with Crippen LogP contribution >= 0.6 is 0 Å². The Morgan fingerprint density at radius 2 is 1.93 bits per heavy atom. The zero-order chi connectivity index (χ0) is 20.9. The quantitative estimate of drug-likeness (QED) is 0.479. The normalized spacial score (nSPS) is 12.0. The second-order valence-electron chi connectivity index (χ2n) is 7.15. The van der Waals surface area contributed by atoms with Crippen LogP contribution in [0.15, 0.2) is 41.3 Å². The Kier molecular flexibility index (Phi) is 6.78. The molecule has 0 unspecified atom stereocenters. The summed E-state index contributed by atoms with van der Waals surface area (Å²) in [4.78, 5) is 2.39. The van der Waals surface area contributed by atoms with E-state index in [0.717, 1.165) is 30.9 Å². The number of nitrogens with zero attached hydrogens (tertiary/aromatic N) is 5. The highest BCUT2D eigenvalue weighted by Gasteiger charge is 2.15. The minimum atomic E-state index is -3.56. The van der Waals surface area contributed by atoms with E-state index < -0.39 is 10.0 Å². The van der Waals surface area contributed by atoms with Gasteiger partial charge in [0, 0.05) is 19.5 Å². The van der Waals surface area contributed by atoms with Gasteiger partial charge in [-0.15, -0.1) is 15.3 Å². The molecular formula is C19H27N7O2S. The molecule has 0 radical (unpaired) electrons. The number of aryl methyl sites for hydroxylation is 1. The molecule has 29 heavy (non-hydrogen) atoms. The lowest BCUT2D eigenvalue weighted by Crippen LogP contribution is -2.26. The van der Waals surface area contributed by atoms with Gasteiger partial charge in [-0.3, -0.25) is 0 Å². The van der Waals surface area contributed by atoms with Gasteiger partial charge >= 0.3 is 0 Å². The van der Waals surface area contributed by atoms with Crippen molar-refractivity contribution in [2.75, 3.05) is 39.0 Å². The lowest BCUT2D eigenvalue weighted by molar-refractivity contribution is 0.405. The predicted octanol–water partition coefficient (Wildman–Crippen LogP) is 1.32. The number of fused-ring (bicyclic) bond motifs is 1. The Labute approximate surface area is 171 Å². The highest BCUT2D eigenvalue weighted by atomic mass is 32.2. The molecule has 0 saturated carbocycles. The standard InChI is InChI=1S/C19H27N7O2S/c1-15-6-4-7-16(14-15)29(27,28)21-12-10-19-23-22-18-9-8-17(24-26(18)19)20-11-5-13-25(2)3/h4,6-9,14,21H,5,10-13H2,1-3H3,(H,20,24). The molecule has 9 nitrogen and oxygen atoms in total. The van der Waals surface area contributed by atoms with Crippen LogP contribution in [-0.2, 0) is 16.4 Å². The van der Waals surface area contributed by atoms with Crippen LogP contribution in [0.5, 0.6) is 0 Å². The van der Waals surface area contributed by atoms with Gasteiger partial charge in [-0.1, -0.05) is 12.1 Å². The first kappa shape index (κ1) is 21.2. The van der Waals surface area contributed by atoms with Gasteiger partial charge in [0.25, 0.3) is 0 Å². The van der Waals surface area contributed by atoms with E-state index in [1.165, 1.54) is 0 Å². The smallest absolute Gasteiger partial charge is 0.240 e. The molecular weight excluding hydrogens is 390 g/mol. The van der Waals surface area contributed by atoms with E-state index in [1.807, 2.05) is 39.2 Å². The number of aromatic nitrogens is 4. The van der Waals surface area contributed by atoms with Crippen LogP contribution in [0, 0.1) is 6.92 Å². The molecule has 2 heterocycles. The molecule has 3 aromatic rings. The molecule has 1 aromatic carbocycles. The maximum Gasteiger partial charge on any atom is 0.240 e. The Morgan fingerprint density at radius 3 is 2.69 bits per heavy atom. The van der Waals surface area contributed by atoms with Crippen LogP contribution < -0.4 is 10.0 Å². The number of anilines is 1. The molecule has 2 N–H and O–H groups in total. The van der Waals surface area contributed by atoms with E-state index in [1.54, 1.807) is 22.7 Å². The van der Waals surface area contributed by atoms with Gasteiger partial charge in [-0.2, -0.15) is 4.52 Å². The van der Waals surface area contributed by atoms with Crippen molar-refractivity contribution in [2.45, 2.75) is 24.7 Å². The summed E-state index contributed by atoms with van der Waals surface area (Å²) in [7, 11) is 0.522. The SMILES string of the molecule is Cc1cccc(S(=O)(=O)NCCc2nnc3ccc(NCCCN(C)C)nn23)c1. The van der Waals surface area contributed by atoms with Crippen molar-refractivity contribution in [3.05, 3.63) is 47.8 Å². The lowest BCUT2D eigenvalue weighted by atomic mass is 10.2. The monoisotopic (exact) mass is 417 g/mol. The summed E-state index contributed by atoms with van der Waals surface area (Å²) >= 11 is 0. The molecule has 0 spiro atoms. The Balaban J connectivity index is 1.62. The molecule has 0 saturated heterocycles. The zero-order valence-corrected chi connectivity index (χ0v) is 17.8. The maximum atomic E-state index is 12.4. The summed E-state index contributed by atoms with van der Waals surface area (Å²) in [6, 6.07) is 10.5. The average Bonchev–Trinajstić information content (AvgIpc) is 3.07. The number of benzene rings is 1. The summed E-state index contributed by atoms with van der Waals surface area (Å²) in [5, 5.41) is 16.1. The third-order valence-electron chi connectivity index (χ3n) is 4.36. The van der Waals surface area contributed by atoms with Gasteiger partial charge in [0.15, 0.2) is 11.5 Å². The highest BCUT2D eigenvalue weighted by Crippen LogP contribution is 2.11. The van der Waals surface area contributed by atoms with E-state index in [4.69, 9.17) is 0 Å². The minimum absolute atomic E-state index is 0.208. The predicted molar refractivity (Wildman–Crippen MR) is 113 cm³/mol. The Morgan fingerprint density at radius 1 is 1.10 bits per heavy atom. The third-order valence-corrected chi connectivity index (χ3v) is 5.81. The number of nitrogens with one attached hydrogen (secondary N) is 2. The van der Waals surface area contributed by atoms with Gasteiger partial charge < -0.3 is 10.2 Å². The fraction of sp³-hybridized carbons (Fsp3) is 0.421. The largest absolute Gasteiger partial charge is 0.369 e. The fourth-order valence-corrected chi connectivity index (χ4v) is 3.99. The second kappa shape index (κ2) is 9.29. The lowest BCUT2D eigenvalue weighted by Gasteiger charge is -2.10. The molecule has 0 aliphatic carbocycles. The first-order valence-corrected chi connectivity index (χ1v) is 11.0. The first-order chi connectivity index (χ1) is 13.8. The van der Waals surface area contributed by atoms with Crippen LogP contribution in [-0.4, -0.2) is 66.9 Å². The highest BCUT2D eigenvalue weighted by molar-refractivity contribution is 7.89. The fourth-order valence-electron chi connectivity index (χ4n) is 2.86. The van der Waals surface area contributed by atoms with Crippen LogP contribution in [0.1, 0.15) is 17.8 Å². The van der Waals surface area contributed by atoms with Gasteiger partial charge in [0.05, 0.1) is 4.90 Å².